The molecule has 1 aliphatic rings. The van der Waals surface area contributed by atoms with Gasteiger partial charge in [-0.1, -0.05) is 36.4 Å². The van der Waals surface area contributed by atoms with Crippen LogP contribution < -0.4 is 15.6 Å². The number of carbonyl (C=O) groups is 2. The van der Waals surface area contributed by atoms with Gasteiger partial charge in [-0.15, -0.1) is 0 Å². The second kappa shape index (κ2) is 19.0. The van der Waals surface area contributed by atoms with Crippen LogP contribution in [0.25, 0.3) is 21.8 Å². The van der Waals surface area contributed by atoms with Crippen LogP contribution in [0.4, 0.5) is 0 Å². The van der Waals surface area contributed by atoms with E-state index in [0.717, 1.165) is 43.1 Å². The number of hydroxylamine groups is 2. The topological polar surface area (TPSA) is 144 Å². The third-order valence-electron chi connectivity index (χ3n) is 9.79. The zero-order valence-electron chi connectivity index (χ0n) is 32.8. The zero-order chi connectivity index (χ0) is 42.3. The van der Waals surface area contributed by atoms with E-state index in [1.54, 1.807) is 62.0 Å². The Kier molecular flexibility index (Phi) is 13.4. The van der Waals surface area contributed by atoms with E-state index in [0.29, 0.717) is 54.0 Å². The molecule has 1 aliphatic heterocycles. The van der Waals surface area contributed by atoms with Crippen LogP contribution in [-0.4, -0.2) is 70.3 Å². The molecule has 0 radical (unpaired) electrons. The number of para-hydroxylation sites is 2. The van der Waals surface area contributed by atoms with Gasteiger partial charge in [0, 0.05) is 35.8 Å². The number of halogens is 2. The fourth-order valence-corrected chi connectivity index (χ4v) is 7.59. The van der Waals surface area contributed by atoms with Crippen LogP contribution in [0.3, 0.4) is 0 Å². The van der Waals surface area contributed by atoms with Gasteiger partial charge in [-0.3, -0.25) is 24.0 Å². The van der Waals surface area contributed by atoms with Crippen molar-refractivity contribution in [2.24, 2.45) is 0 Å². The number of ketones is 1. The molecule has 4 aromatic heterocycles. The number of pyridine rings is 4. The lowest BCUT2D eigenvalue weighted by Gasteiger charge is -2.25. The van der Waals surface area contributed by atoms with Crippen LogP contribution in [-0.2, 0) is 27.4 Å². The SMILES string of the molecule is CON(C)C(=O)c1cn(Cc2cccc(Br)n2)c2ccccc2c1=O.COc1ccc(C(=O)c2cn(Cc3cccc(Br)n3)c3ccccc3c2=O)cc1C1OCCCO1. The molecule has 3 aromatic carbocycles. The molecule has 1 amide bonds. The Morgan fingerprint density at radius 3 is 1.80 bits per heavy atom. The molecule has 0 saturated carbocycles. The predicted octanol–water partition coefficient (Wildman–Crippen LogP) is 7.72. The summed E-state index contributed by atoms with van der Waals surface area (Å²) >= 11 is 6.76. The molecule has 13 nitrogen and oxygen atoms in total. The summed E-state index contributed by atoms with van der Waals surface area (Å²) in [5.41, 5.74) is 3.57. The van der Waals surface area contributed by atoms with Crippen molar-refractivity contribution < 1.29 is 28.6 Å². The second-order valence-corrected chi connectivity index (χ2v) is 15.3. The minimum absolute atomic E-state index is 0.0537. The molecule has 60 heavy (non-hydrogen) atoms. The summed E-state index contributed by atoms with van der Waals surface area (Å²) in [5.74, 6) is -0.310. The highest BCUT2D eigenvalue weighted by Crippen LogP contribution is 2.32. The van der Waals surface area contributed by atoms with Gasteiger partial charge in [0.1, 0.15) is 20.5 Å². The highest BCUT2D eigenvalue weighted by atomic mass is 79.9. The van der Waals surface area contributed by atoms with Crippen molar-refractivity contribution in [2.45, 2.75) is 25.8 Å². The lowest BCUT2D eigenvalue weighted by molar-refractivity contribution is -0.183. The number of benzene rings is 3. The maximum atomic E-state index is 13.6. The van der Waals surface area contributed by atoms with Crippen LogP contribution in [0.5, 0.6) is 5.75 Å². The summed E-state index contributed by atoms with van der Waals surface area (Å²) in [6.45, 7) is 1.95. The van der Waals surface area contributed by atoms with Crippen molar-refractivity contribution in [3.05, 3.63) is 179 Å². The number of carbonyl (C=O) groups excluding carboxylic acids is 2. The van der Waals surface area contributed by atoms with Gasteiger partial charge in [-0.2, -0.15) is 0 Å². The Bertz CT molecular complexity index is 2840. The van der Waals surface area contributed by atoms with Crippen LogP contribution >= 0.6 is 31.9 Å². The molecule has 0 bridgehead atoms. The third-order valence-corrected chi connectivity index (χ3v) is 10.7. The number of aromatic nitrogens is 4. The van der Waals surface area contributed by atoms with E-state index in [9.17, 15) is 19.2 Å². The predicted molar refractivity (Wildman–Crippen MR) is 233 cm³/mol. The lowest BCUT2D eigenvalue weighted by Crippen LogP contribution is -2.31. The third kappa shape index (κ3) is 9.30. The van der Waals surface area contributed by atoms with Gasteiger partial charge >= 0.3 is 0 Å². The van der Waals surface area contributed by atoms with Gasteiger partial charge in [0.15, 0.2) is 12.1 Å². The summed E-state index contributed by atoms with van der Waals surface area (Å²) in [7, 11) is 4.40. The van der Waals surface area contributed by atoms with E-state index in [4.69, 9.17) is 19.0 Å². The molecule has 1 saturated heterocycles. The molecule has 5 heterocycles. The van der Waals surface area contributed by atoms with Crippen LogP contribution in [0.15, 0.2) is 134 Å². The molecular formula is C45H39Br2N5O8. The van der Waals surface area contributed by atoms with E-state index < -0.39 is 12.2 Å². The highest BCUT2D eigenvalue weighted by molar-refractivity contribution is 9.10. The number of hydrogen-bond acceptors (Lipinski definition) is 10. The molecule has 8 rings (SSSR count). The molecule has 1 fully saturated rings. The Morgan fingerprint density at radius 2 is 1.27 bits per heavy atom. The first-order valence-electron chi connectivity index (χ1n) is 18.8. The van der Waals surface area contributed by atoms with Gasteiger partial charge in [0.05, 0.1) is 74.1 Å². The van der Waals surface area contributed by atoms with Gasteiger partial charge in [-0.05, 0) is 105 Å². The van der Waals surface area contributed by atoms with Gasteiger partial charge in [-0.25, -0.2) is 15.0 Å². The molecule has 0 spiro atoms. The molecule has 0 aliphatic carbocycles. The number of nitrogens with zero attached hydrogens (tertiary/aromatic N) is 5. The average Bonchev–Trinajstić information content (AvgIpc) is 3.28. The number of rotatable bonds is 10. The molecule has 0 atom stereocenters. The monoisotopic (exact) mass is 935 g/mol. The van der Waals surface area contributed by atoms with Crippen LogP contribution in [0, 0.1) is 0 Å². The molecule has 0 N–H and O–H groups in total. The van der Waals surface area contributed by atoms with Crippen molar-refractivity contribution in [1.82, 2.24) is 24.2 Å². The Labute approximate surface area is 361 Å². The van der Waals surface area contributed by atoms with Crippen molar-refractivity contribution in [3.8, 4) is 5.75 Å². The molecular weight excluding hydrogens is 898 g/mol. The minimum atomic E-state index is -0.623. The van der Waals surface area contributed by atoms with E-state index >= 15 is 0 Å². The number of fused-ring (bicyclic) bond motifs is 2. The van der Waals surface area contributed by atoms with Crippen molar-refractivity contribution in [3.63, 3.8) is 0 Å². The summed E-state index contributed by atoms with van der Waals surface area (Å²) in [6, 6.07) is 30.8. The summed E-state index contributed by atoms with van der Waals surface area (Å²) in [5, 5.41) is 1.99. The summed E-state index contributed by atoms with van der Waals surface area (Å²) < 4.78 is 22.1. The summed E-state index contributed by atoms with van der Waals surface area (Å²) in [4.78, 5) is 66.0. The molecule has 306 valence electrons. The summed E-state index contributed by atoms with van der Waals surface area (Å²) in [6.07, 6.45) is 3.36. The first-order valence-corrected chi connectivity index (χ1v) is 20.4. The van der Waals surface area contributed by atoms with E-state index in [1.165, 1.54) is 14.2 Å². The van der Waals surface area contributed by atoms with Crippen LogP contribution in [0.2, 0.25) is 0 Å². The first kappa shape index (κ1) is 42.3. The quantitative estimate of drug-likeness (QED) is 0.0760. The molecule has 7 aromatic rings. The molecule has 0 unspecified atom stereocenters. The maximum Gasteiger partial charge on any atom is 0.282 e. The van der Waals surface area contributed by atoms with E-state index in [-0.39, 0.29) is 27.8 Å². The number of hydrogen-bond donors (Lipinski definition) is 0. The van der Waals surface area contributed by atoms with Crippen LogP contribution in [0.1, 0.15) is 55.9 Å². The Hall–Kier alpha value is -5.84. The normalized spacial score (nSPS) is 12.8. The van der Waals surface area contributed by atoms with Crippen molar-refractivity contribution >= 4 is 65.4 Å². The largest absolute Gasteiger partial charge is 0.496 e. The van der Waals surface area contributed by atoms with E-state index in [1.807, 2.05) is 69.8 Å². The van der Waals surface area contributed by atoms with Gasteiger partial charge in [0.2, 0.25) is 10.9 Å². The number of amides is 1. The Balaban J connectivity index is 0.000000192. The number of ether oxygens (including phenoxy) is 3. The first-order chi connectivity index (χ1) is 29.1. The Morgan fingerprint density at radius 1 is 0.733 bits per heavy atom. The highest BCUT2D eigenvalue weighted by Gasteiger charge is 2.25. The lowest BCUT2D eigenvalue weighted by atomic mass is 9.99. The fourth-order valence-electron chi connectivity index (χ4n) is 6.83. The van der Waals surface area contributed by atoms with Crippen molar-refractivity contribution in [1.29, 1.82) is 0 Å². The van der Waals surface area contributed by atoms with E-state index in [2.05, 4.69) is 41.8 Å². The molecule has 15 heteroatoms. The van der Waals surface area contributed by atoms with Gasteiger partial charge in [0.25, 0.3) is 5.91 Å². The zero-order valence-corrected chi connectivity index (χ0v) is 36.0. The standard InChI is InChI=1S/C27H23BrN2O5.C18H16BrN3O3/c1-33-23-11-10-17(14-20(23)27-34-12-5-13-35-27)25(31)21-16-30(15-18-6-4-9-24(28)29-18)22-8-3-2-7-19(22)26(21)32;1-21(25-2)18(24)14-11-22(10-12-6-5-9-16(19)20-12)15-8-4-3-7-13(15)17(14)23/h2-4,6-11,14,16,27H,5,12-13,15H2,1H3;3-9,11H,10H2,1-2H3. The van der Waals surface area contributed by atoms with Crippen molar-refractivity contribution in [2.75, 3.05) is 34.5 Å². The number of methoxy groups -OCH3 is 1. The minimum Gasteiger partial charge on any atom is -0.496 e. The maximum absolute atomic E-state index is 13.6. The van der Waals surface area contributed by atoms with Gasteiger partial charge < -0.3 is 23.3 Å². The fraction of sp³-hybridized carbons (Fsp3) is 0.200. The average molecular weight is 938 g/mol. The smallest absolute Gasteiger partial charge is 0.282 e. The second-order valence-electron chi connectivity index (χ2n) is 13.6.